The molecule has 3 atom stereocenters. The van der Waals surface area contributed by atoms with Gasteiger partial charge in [0.15, 0.2) is 34.5 Å². The zero-order valence-electron chi connectivity index (χ0n) is 37.2. The van der Waals surface area contributed by atoms with Gasteiger partial charge < -0.3 is 77.5 Å². The lowest BCUT2D eigenvalue weighted by atomic mass is 10.1. The first-order valence-electron chi connectivity index (χ1n) is 21.6. The van der Waals surface area contributed by atoms with Gasteiger partial charge in [-0.25, -0.2) is 15.0 Å². The van der Waals surface area contributed by atoms with Crippen LogP contribution in [0.2, 0.25) is 0 Å². The fraction of sp³-hybridized carbons (Fsp3) is 0.267. The molecule has 25 heteroatoms. The first-order chi connectivity index (χ1) is 33.7. The minimum Gasteiger partial charge on any atom is -0.504 e. The summed E-state index contributed by atoms with van der Waals surface area (Å²) in [5, 5.41) is 76.9. The van der Waals surface area contributed by atoms with Crippen LogP contribution in [-0.2, 0) is 33.6 Å². The van der Waals surface area contributed by atoms with Crippen molar-refractivity contribution in [3.05, 3.63) is 126 Å². The minimum atomic E-state index is -1.20. The third kappa shape index (κ3) is 13.7. The van der Waals surface area contributed by atoms with Crippen molar-refractivity contribution in [2.24, 2.45) is 0 Å². The third-order valence-electron chi connectivity index (χ3n) is 10.8. The summed E-state index contributed by atoms with van der Waals surface area (Å²) < 4.78 is 0. The summed E-state index contributed by atoms with van der Waals surface area (Å²) in [6, 6.07) is 7.83. The standard InChI is InChI=1S/C45H51N13O12/c59-34-7-1-4-28(37(34)62)40(65)55-31(16-25-19-46-22-52-25)43(68)49-10-13-58(14-11-50-44(69)32(17-26-20-47-23-53-26)56-41(66)29-5-2-8-35(60)38(29)63)15-12-51-45(70)33(18-27-21-48-24-54-27)57-42(67)30-6-3-9-36(61)39(30)64/h1-9,19-24,31-33,59-64H,10-18H2,(H,46,52)(H,47,53)(H,48,54)(H,49,68)(H,50,69)(H,51,70)(H,55,65)(H,56,66)(H,57,67)/t31-,32-,33-/m0/s1. The van der Waals surface area contributed by atoms with Crippen LogP contribution in [0.5, 0.6) is 34.5 Å². The van der Waals surface area contributed by atoms with Crippen LogP contribution in [0.3, 0.4) is 0 Å². The van der Waals surface area contributed by atoms with Crippen LogP contribution in [0.1, 0.15) is 48.2 Å². The average molecular weight is 966 g/mol. The van der Waals surface area contributed by atoms with E-state index in [9.17, 15) is 59.4 Å². The molecule has 0 fully saturated rings. The van der Waals surface area contributed by atoms with E-state index in [1.807, 2.05) is 0 Å². The number of carbonyl (C=O) groups is 6. The van der Waals surface area contributed by atoms with Crippen LogP contribution < -0.4 is 31.9 Å². The van der Waals surface area contributed by atoms with Crippen LogP contribution in [0.4, 0.5) is 0 Å². The number of carbonyl (C=O) groups excluding carboxylic acids is 6. The van der Waals surface area contributed by atoms with Gasteiger partial charge in [0.2, 0.25) is 17.7 Å². The number of aromatic amines is 3. The van der Waals surface area contributed by atoms with Gasteiger partial charge in [-0.3, -0.25) is 33.7 Å². The number of rotatable bonds is 24. The van der Waals surface area contributed by atoms with Crippen molar-refractivity contribution < 1.29 is 59.4 Å². The van der Waals surface area contributed by atoms with Gasteiger partial charge in [-0.1, -0.05) is 18.2 Å². The second kappa shape index (κ2) is 24.1. The molecule has 368 valence electrons. The quantitative estimate of drug-likeness (QED) is 0.0329. The minimum absolute atomic E-state index is 0.0364. The molecule has 6 aromatic rings. The van der Waals surface area contributed by atoms with E-state index in [2.05, 4.69) is 61.8 Å². The summed E-state index contributed by atoms with van der Waals surface area (Å²) in [7, 11) is 0. The van der Waals surface area contributed by atoms with E-state index in [-0.39, 0.29) is 75.2 Å². The Kier molecular flexibility index (Phi) is 17.3. The molecule has 0 aliphatic carbocycles. The van der Waals surface area contributed by atoms with Crippen molar-refractivity contribution in [3.8, 4) is 34.5 Å². The van der Waals surface area contributed by atoms with Gasteiger partial charge in [0, 0.05) is 94.2 Å². The summed E-state index contributed by atoms with van der Waals surface area (Å²) in [6.45, 7) is 0.199. The van der Waals surface area contributed by atoms with Crippen LogP contribution >= 0.6 is 0 Å². The maximum Gasteiger partial charge on any atom is 0.255 e. The number of imidazole rings is 3. The smallest absolute Gasteiger partial charge is 0.255 e. The number of nitrogens with zero attached hydrogens (tertiary/aromatic N) is 4. The highest BCUT2D eigenvalue weighted by Crippen LogP contribution is 2.30. The van der Waals surface area contributed by atoms with Gasteiger partial charge in [0.05, 0.1) is 35.7 Å². The Balaban J connectivity index is 1.14. The van der Waals surface area contributed by atoms with Gasteiger partial charge in [-0.15, -0.1) is 0 Å². The van der Waals surface area contributed by atoms with Crippen molar-refractivity contribution in [1.82, 2.24) is 66.7 Å². The molecule has 3 aromatic carbocycles. The first kappa shape index (κ1) is 50.3. The summed E-state index contributed by atoms with van der Waals surface area (Å²) in [6.07, 6.45) is 8.45. The average Bonchev–Trinajstić information content (AvgIpc) is 4.17. The molecule has 0 radical (unpaired) electrons. The van der Waals surface area contributed by atoms with Crippen molar-refractivity contribution >= 4 is 35.4 Å². The van der Waals surface area contributed by atoms with E-state index in [1.54, 1.807) is 4.90 Å². The number of H-pyrrole nitrogens is 3. The molecule has 0 saturated heterocycles. The molecule has 0 bridgehead atoms. The van der Waals surface area contributed by atoms with E-state index < -0.39 is 88.1 Å². The zero-order chi connectivity index (χ0) is 50.2. The molecular formula is C45H51N13O12. The number of benzene rings is 3. The summed E-state index contributed by atoms with van der Waals surface area (Å²) in [5.41, 5.74) is 0.668. The number of nitrogens with one attached hydrogen (secondary N) is 9. The summed E-state index contributed by atoms with van der Waals surface area (Å²) in [5.74, 6) is -8.05. The molecular weight excluding hydrogens is 915 g/mol. The first-order valence-corrected chi connectivity index (χ1v) is 21.6. The SMILES string of the molecule is O=C(N[C@@H](Cc1cnc[nH]1)C(=O)NCCN(CCNC(=O)[C@H](Cc1cnc[nH]1)NC(=O)c1cccc(O)c1O)CCNC(=O)[C@H](Cc1cnc[nH]1)NC(=O)c1cccc(O)c1O)c1cccc(O)c1O. The van der Waals surface area contributed by atoms with Crippen LogP contribution in [0, 0.1) is 0 Å². The van der Waals surface area contributed by atoms with E-state index in [0.717, 1.165) is 0 Å². The highest BCUT2D eigenvalue weighted by molar-refractivity contribution is 6.02. The molecule has 0 aliphatic heterocycles. The monoisotopic (exact) mass is 965 g/mol. The van der Waals surface area contributed by atoms with E-state index in [1.165, 1.54) is 92.2 Å². The third-order valence-corrected chi connectivity index (χ3v) is 10.8. The lowest BCUT2D eigenvalue weighted by molar-refractivity contribution is -0.123. The molecule has 15 N–H and O–H groups in total. The predicted octanol–water partition coefficient (Wildman–Crippen LogP) is -0.836. The molecule has 0 saturated carbocycles. The number of aromatic hydroxyl groups is 6. The van der Waals surface area contributed by atoms with Gasteiger partial charge in [-0.05, 0) is 36.4 Å². The Labute approximate surface area is 397 Å². The molecule has 6 rings (SSSR count). The molecule has 0 aliphatic rings. The number of hydrogen-bond acceptors (Lipinski definition) is 16. The summed E-state index contributed by atoms with van der Waals surface area (Å²) in [4.78, 5) is 103. The van der Waals surface area contributed by atoms with E-state index in [0.29, 0.717) is 17.1 Å². The Bertz CT molecular complexity index is 2440. The number of hydrogen-bond donors (Lipinski definition) is 15. The molecule has 25 nitrogen and oxygen atoms in total. The maximum atomic E-state index is 13.7. The van der Waals surface area contributed by atoms with Crippen LogP contribution in [0.15, 0.2) is 92.2 Å². The molecule has 0 spiro atoms. The zero-order valence-corrected chi connectivity index (χ0v) is 37.2. The van der Waals surface area contributed by atoms with E-state index in [4.69, 9.17) is 0 Å². The molecule has 6 amide bonds. The van der Waals surface area contributed by atoms with Gasteiger partial charge in [0.25, 0.3) is 17.7 Å². The molecule has 0 unspecified atom stereocenters. The molecule has 70 heavy (non-hydrogen) atoms. The summed E-state index contributed by atoms with van der Waals surface area (Å²) >= 11 is 0. The fourth-order valence-electron chi connectivity index (χ4n) is 7.04. The Hall–Kier alpha value is -9.13. The number of phenols is 6. The van der Waals surface area contributed by atoms with Gasteiger partial charge >= 0.3 is 0 Å². The highest BCUT2D eigenvalue weighted by atomic mass is 16.3. The topological polar surface area (TPSA) is 385 Å². The van der Waals surface area contributed by atoms with Crippen molar-refractivity contribution in [1.29, 1.82) is 0 Å². The predicted molar refractivity (Wildman–Crippen MR) is 245 cm³/mol. The normalized spacial score (nSPS) is 12.3. The molecule has 3 heterocycles. The fourth-order valence-corrected chi connectivity index (χ4v) is 7.04. The second-order valence-electron chi connectivity index (χ2n) is 15.7. The number of phenolic OH excluding ortho intramolecular Hbond substituents is 6. The van der Waals surface area contributed by atoms with Gasteiger partial charge in [-0.2, -0.15) is 0 Å². The number of aromatic nitrogens is 6. The highest BCUT2D eigenvalue weighted by Gasteiger charge is 2.28. The number of para-hydroxylation sites is 3. The van der Waals surface area contributed by atoms with Crippen LogP contribution in [0.25, 0.3) is 0 Å². The Morgan fingerprint density at radius 2 is 0.743 bits per heavy atom. The van der Waals surface area contributed by atoms with Crippen LogP contribution in [-0.4, -0.2) is 158 Å². The van der Waals surface area contributed by atoms with Crippen molar-refractivity contribution in [2.45, 2.75) is 37.4 Å². The van der Waals surface area contributed by atoms with Crippen molar-refractivity contribution in [2.75, 3.05) is 39.3 Å². The second-order valence-corrected chi connectivity index (χ2v) is 15.7. The Morgan fingerprint density at radius 3 is 1.00 bits per heavy atom. The number of amides is 6. The maximum absolute atomic E-state index is 13.7. The Morgan fingerprint density at radius 1 is 0.457 bits per heavy atom. The van der Waals surface area contributed by atoms with Crippen molar-refractivity contribution in [3.63, 3.8) is 0 Å². The largest absolute Gasteiger partial charge is 0.504 e. The lowest BCUT2D eigenvalue weighted by Gasteiger charge is -2.25. The van der Waals surface area contributed by atoms with E-state index >= 15 is 0 Å². The lowest BCUT2D eigenvalue weighted by Crippen LogP contribution is -2.52. The molecule has 3 aromatic heterocycles. The van der Waals surface area contributed by atoms with Gasteiger partial charge in [0.1, 0.15) is 18.1 Å².